The fraction of sp³-hybridized carbons (Fsp3) is 0.381. The SMILES string of the molecule is C=CCOC(=O)C1C(C)=NC2=C(C(=O)CCC2)[C@@H]1c1ccc(OC)c(Br)c1. The Morgan fingerprint density at radius 3 is 2.85 bits per heavy atom. The number of benzene rings is 1. The molecule has 6 heteroatoms. The summed E-state index contributed by atoms with van der Waals surface area (Å²) >= 11 is 3.51. The predicted octanol–water partition coefficient (Wildman–Crippen LogP) is 4.37. The largest absolute Gasteiger partial charge is 0.496 e. The lowest BCUT2D eigenvalue weighted by molar-refractivity contribution is -0.145. The Labute approximate surface area is 167 Å². The Bertz CT molecular complexity index is 856. The number of carbonyl (C=O) groups excluding carboxylic acids is 2. The zero-order chi connectivity index (χ0) is 19.6. The quantitative estimate of drug-likeness (QED) is 0.512. The number of halogens is 1. The Morgan fingerprint density at radius 1 is 1.41 bits per heavy atom. The zero-order valence-corrected chi connectivity index (χ0v) is 17.0. The van der Waals surface area contributed by atoms with Gasteiger partial charge in [0.2, 0.25) is 0 Å². The molecule has 3 rings (SSSR count). The molecule has 27 heavy (non-hydrogen) atoms. The van der Waals surface area contributed by atoms with Gasteiger partial charge in [-0.05, 0) is 53.4 Å². The second kappa shape index (κ2) is 8.21. The Balaban J connectivity index is 2.12. The number of hydrogen-bond donors (Lipinski definition) is 0. The molecule has 0 saturated carbocycles. The number of allylic oxidation sites excluding steroid dienone is 2. The molecule has 142 valence electrons. The molecule has 0 N–H and O–H groups in total. The van der Waals surface area contributed by atoms with Crippen LogP contribution in [0.5, 0.6) is 5.75 Å². The molecule has 0 bridgehead atoms. The number of esters is 1. The monoisotopic (exact) mass is 431 g/mol. The first-order chi connectivity index (χ1) is 13.0. The van der Waals surface area contributed by atoms with Crippen LogP contribution in [0.25, 0.3) is 0 Å². The number of hydrogen-bond acceptors (Lipinski definition) is 5. The van der Waals surface area contributed by atoms with Crippen molar-refractivity contribution in [1.29, 1.82) is 0 Å². The summed E-state index contributed by atoms with van der Waals surface area (Å²) in [7, 11) is 1.60. The summed E-state index contributed by atoms with van der Waals surface area (Å²) in [6.07, 6.45) is 3.55. The van der Waals surface area contributed by atoms with Crippen LogP contribution in [0.2, 0.25) is 0 Å². The van der Waals surface area contributed by atoms with E-state index >= 15 is 0 Å². The molecule has 5 nitrogen and oxygen atoms in total. The third-order valence-corrected chi connectivity index (χ3v) is 5.59. The number of methoxy groups -OCH3 is 1. The van der Waals surface area contributed by atoms with Gasteiger partial charge < -0.3 is 9.47 Å². The fourth-order valence-corrected chi connectivity index (χ4v) is 4.34. The van der Waals surface area contributed by atoms with E-state index in [1.165, 1.54) is 6.08 Å². The van der Waals surface area contributed by atoms with Gasteiger partial charge in [-0.2, -0.15) is 0 Å². The summed E-state index contributed by atoms with van der Waals surface area (Å²) in [6, 6.07) is 5.63. The van der Waals surface area contributed by atoms with Crippen LogP contribution >= 0.6 is 15.9 Å². The molecular weight excluding hydrogens is 410 g/mol. The van der Waals surface area contributed by atoms with E-state index in [4.69, 9.17) is 9.47 Å². The molecule has 1 heterocycles. The molecule has 0 amide bonds. The van der Waals surface area contributed by atoms with E-state index in [2.05, 4.69) is 27.5 Å². The molecule has 0 radical (unpaired) electrons. The van der Waals surface area contributed by atoms with Gasteiger partial charge in [0.1, 0.15) is 18.3 Å². The van der Waals surface area contributed by atoms with Crippen LogP contribution in [-0.2, 0) is 14.3 Å². The number of nitrogens with zero attached hydrogens (tertiary/aromatic N) is 1. The van der Waals surface area contributed by atoms with Crippen molar-refractivity contribution < 1.29 is 19.1 Å². The third-order valence-electron chi connectivity index (χ3n) is 4.97. The molecular formula is C21H22BrNO4. The third kappa shape index (κ3) is 3.76. The van der Waals surface area contributed by atoms with Gasteiger partial charge in [0.15, 0.2) is 5.78 Å². The van der Waals surface area contributed by atoms with Crippen molar-refractivity contribution in [2.24, 2.45) is 10.9 Å². The molecule has 1 unspecified atom stereocenters. The van der Waals surface area contributed by atoms with Crippen LogP contribution in [0.3, 0.4) is 0 Å². The molecule has 1 aliphatic carbocycles. The van der Waals surface area contributed by atoms with E-state index in [-0.39, 0.29) is 12.4 Å². The Morgan fingerprint density at radius 2 is 2.19 bits per heavy atom. The van der Waals surface area contributed by atoms with E-state index in [1.54, 1.807) is 7.11 Å². The van der Waals surface area contributed by atoms with E-state index in [0.717, 1.165) is 28.6 Å². The van der Waals surface area contributed by atoms with Crippen LogP contribution < -0.4 is 4.74 Å². The number of ether oxygens (including phenoxy) is 2. The summed E-state index contributed by atoms with van der Waals surface area (Å²) in [5.74, 6) is -0.685. The molecule has 1 aliphatic heterocycles. The molecule has 1 aromatic carbocycles. The second-order valence-corrected chi connectivity index (χ2v) is 7.51. The summed E-state index contributed by atoms with van der Waals surface area (Å²) in [6.45, 7) is 5.55. The van der Waals surface area contributed by atoms with Crippen LogP contribution in [0.15, 0.2) is 51.6 Å². The van der Waals surface area contributed by atoms with Crippen LogP contribution in [-0.4, -0.2) is 31.2 Å². The van der Waals surface area contributed by atoms with Gasteiger partial charge in [-0.15, -0.1) is 0 Å². The fourth-order valence-electron chi connectivity index (χ4n) is 3.78. The number of Topliss-reactive ketones (excluding diaryl/α,β-unsaturated/α-hetero) is 1. The van der Waals surface area contributed by atoms with Gasteiger partial charge in [0, 0.05) is 29.3 Å². The molecule has 1 aromatic rings. The summed E-state index contributed by atoms with van der Waals surface area (Å²) in [5.41, 5.74) is 2.98. The van der Waals surface area contributed by atoms with Gasteiger partial charge in [-0.1, -0.05) is 18.7 Å². The first kappa shape index (κ1) is 19.5. The van der Waals surface area contributed by atoms with E-state index in [1.807, 2.05) is 25.1 Å². The van der Waals surface area contributed by atoms with Gasteiger partial charge in [-0.25, -0.2) is 0 Å². The lowest BCUT2D eigenvalue weighted by Crippen LogP contribution is -2.37. The molecule has 0 spiro atoms. The van der Waals surface area contributed by atoms with Crippen molar-refractivity contribution in [1.82, 2.24) is 0 Å². The molecule has 2 aliphatic rings. The topological polar surface area (TPSA) is 65.0 Å². The molecule has 2 atom stereocenters. The number of carbonyl (C=O) groups is 2. The lowest BCUT2D eigenvalue weighted by Gasteiger charge is -2.34. The zero-order valence-electron chi connectivity index (χ0n) is 15.5. The normalized spacial score (nSPS) is 22.0. The van der Waals surface area contributed by atoms with Crippen molar-refractivity contribution in [3.05, 3.63) is 52.2 Å². The summed E-state index contributed by atoms with van der Waals surface area (Å²) in [4.78, 5) is 30.2. The first-order valence-corrected chi connectivity index (χ1v) is 9.69. The number of rotatable bonds is 5. The van der Waals surface area contributed by atoms with Crippen LogP contribution in [0.1, 0.15) is 37.7 Å². The maximum Gasteiger partial charge on any atom is 0.315 e. The summed E-state index contributed by atoms with van der Waals surface area (Å²) in [5, 5.41) is 0. The highest BCUT2D eigenvalue weighted by atomic mass is 79.9. The Kier molecular flexibility index (Phi) is 5.95. The summed E-state index contributed by atoms with van der Waals surface area (Å²) < 4.78 is 11.4. The smallest absolute Gasteiger partial charge is 0.315 e. The number of ketones is 1. The van der Waals surface area contributed by atoms with Crippen molar-refractivity contribution in [3.8, 4) is 5.75 Å². The van der Waals surface area contributed by atoms with Gasteiger partial charge >= 0.3 is 5.97 Å². The standard InChI is InChI=1S/C21H22BrNO4/c1-4-10-27-21(25)18-12(2)23-15-6-5-7-16(24)20(15)19(18)13-8-9-17(26-3)14(22)11-13/h4,8-9,11,18-19H,1,5-7,10H2,2-3H3/t18?,19-/m1/s1. The highest BCUT2D eigenvalue weighted by Gasteiger charge is 2.43. The van der Waals surface area contributed by atoms with Crippen LogP contribution in [0, 0.1) is 5.92 Å². The minimum atomic E-state index is -0.633. The van der Waals surface area contributed by atoms with Gasteiger partial charge in [0.25, 0.3) is 0 Å². The van der Waals surface area contributed by atoms with E-state index < -0.39 is 17.8 Å². The highest BCUT2D eigenvalue weighted by Crippen LogP contribution is 2.44. The predicted molar refractivity (Wildman–Crippen MR) is 107 cm³/mol. The van der Waals surface area contributed by atoms with Crippen molar-refractivity contribution >= 4 is 33.4 Å². The van der Waals surface area contributed by atoms with Crippen molar-refractivity contribution in [3.63, 3.8) is 0 Å². The van der Waals surface area contributed by atoms with Crippen molar-refractivity contribution in [2.45, 2.75) is 32.1 Å². The van der Waals surface area contributed by atoms with Crippen LogP contribution in [0.4, 0.5) is 0 Å². The van der Waals surface area contributed by atoms with Gasteiger partial charge in [-0.3, -0.25) is 14.6 Å². The highest BCUT2D eigenvalue weighted by molar-refractivity contribution is 9.10. The van der Waals surface area contributed by atoms with E-state index in [9.17, 15) is 9.59 Å². The minimum absolute atomic E-state index is 0.0611. The molecule has 0 fully saturated rings. The lowest BCUT2D eigenvalue weighted by atomic mass is 9.72. The molecule has 0 aromatic heterocycles. The average Bonchev–Trinajstić information content (AvgIpc) is 2.65. The number of aliphatic imine (C=N–C) groups is 1. The van der Waals surface area contributed by atoms with Gasteiger partial charge in [0.05, 0.1) is 11.6 Å². The first-order valence-electron chi connectivity index (χ1n) is 8.90. The van der Waals surface area contributed by atoms with Crippen molar-refractivity contribution in [2.75, 3.05) is 13.7 Å². The van der Waals surface area contributed by atoms with E-state index in [0.29, 0.717) is 23.5 Å². The average molecular weight is 432 g/mol. The maximum atomic E-state index is 12.8. The second-order valence-electron chi connectivity index (χ2n) is 6.66. The Hall–Kier alpha value is -2.21. The maximum absolute atomic E-state index is 12.8. The minimum Gasteiger partial charge on any atom is -0.496 e. The molecule has 0 saturated heterocycles.